The van der Waals surface area contributed by atoms with Crippen LogP contribution in [0.4, 0.5) is 4.79 Å². The van der Waals surface area contributed by atoms with Crippen molar-refractivity contribution in [1.29, 1.82) is 0 Å². The minimum atomic E-state index is -0.923. The Morgan fingerprint density at radius 2 is 2.18 bits per heavy atom. The Kier molecular flexibility index (Phi) is 3.66. The Bertz CT molecular complexity index is 360. The molecule has 6 nitrogen and oxygen atoms in total. The maximum atomic E-state index is 11.8. The fraction of sp³-hybridized carbons (Fsp3) is 0.800. The van der Waals surface area contributed by atoms with Crippen molar-refractivity contribution in [3.05, 3.63) is 0 Å². The maximum absolute atomic E-state index is 11.8. The number of nitrogens with one attached hydrogen (secondary N) is 2. The number of carbonyl (C=O) groups is 2. The van der Waals surface area contributed by atoms with E-state index in [4.69, 9.17) is 5.11 Å². The average Bonchev–Trinajstić information content (AvgIpc) is 2.69. The lowest BCUT2D eigenvalue weighted by molar-refractivity contribution is -0.137. The summed E-state index contributed by atoms with van der Waals surface area (Å²) in [5, 5.41) is 14.0. The summed E-state index contributed by atoms with van der Waals surface area (Å²) in [6.07, 6.45) is 2.20. The molecule has 2 aliphatic rings. The van der Waals surface area contributed by atoms with Crippen molar-refractivity contribution in [3.63, 3.8) is 0 Å². The van der Waals surface area contributed by atoms with Gasteiger partial charge in [-0.1, -0.05) is 6.42 Å². The van der Waals surface area contributed by atoms with Gasteiger partial charge in [0, 0.05) is 23.0 Å². The van der Waals surface area contributed by atoms with Crippen molar-refractivity contribution in [1.82, 2.24) is 10.6 Å². The smallest absolute Gasteiger partial charge is 0.315 e. The van der Waals surface area contributed by atoms with Gasteiger partial charge in [-0.2, -0.15) is 0 Å². The molecule has 0 radical (unpaired) electrons. The van der Waals surface area contributed by atoms with Crippen LogP contribution < -0.4 is 10.6 Å². The van der Waals surface area contributed by atoms with E-state index in [0.29, 0.717) is 18.6 Å². The van der Waals surface area contributed by atoms with Crippen LogP contribution in [-0.4, -0.2) is 44.4 Å². The molecule has 0 spiro atoms. The fourth-order valence-electron chi connectivity index (χ4n) is 2.45. The van der Waals surface area contributed by atoms with Crippen molar-refractivity contribution in [2.24, 2.45) is 0 Å². The molecule has 2 saturated heterocycles. The van der Waals surface area contributed by atoms with Crippen LogP contribution >= 0.6 is 0 Å². The molecular formula is C10H16N2O4S. The van der Waals surface area contributed by atoms with Gasteiger partial charge in [-0.25, -0.2) is 4.79 Å². The first-order chi connectivity index (χ1) is 8.08. The van der Waals surface area contributed by atoms with Crippen LogP contribution in [-0.2, 0) is 15.6 Å². The summed E-state index contributed by atoms with van der Waals surface area (Å²) in [6, 6.07) is -0.256. The molecule has 4 atom stereocenters. The SMILES string of the molecule is O=C(O)CCCC[C@H]1[C@@H]2NC(=O)N[C@H]2CS1=O. The van der Waals surface area contributed by atoms with Crippen molar-refractivity contribution < 1.29 is 18.9 Å². The van der Waals surface area contributed by atoms with Gasteiger partial charge in [0.15, 0.2) is 0 Å². The number of aliphatic carboxylic acids is 1. The van der Waals surface area contributed by atoms with Gasteiger partial charge in [-0.05, 0) is 12.8 Å². The third kappa shape index (κ3) is 2.77. The molecule has 0 aliphatic carbocycles. The van der Waals surface area contributed by atoms with Crippen LogP contribution in [0.1, 0.15) is 25.7 Å². The summed E-state index contributed by atoms with van der Waals surface area (Å²) in [5.41, 5.74) is 0. The molecule has 7 heteroatoms. The first-order valence-electron chi connectivity index (χ1n) is 5.74. The predicted molar refractivity (Wildman–Crippen MR) is 62.1 cm³/mol. The van der Waals surface area contributed by atoms with Gasteiger partial charge in [-0.15, -0.1) is 0 Å². The van der Waals surface area contributed by atoms with Gasteiger partial charge >= 0.3 is 12.0 Å². The van der Waals surface area contributed by atoms with Gasteiger partial charge < -0.3 is 15.7 Å². The third-order valence-corrected chi connectivity index (χ3v) is 5.15. The maximum Gasteiger partial charge on any atom is 0.315 e. The average molecular weight is 260 g/mol. The molecule has 3 N–H and O–H groups in total. The van der Waals surface area contributed by atoms with Crippen LogP contribution in [0.15, 0.2) is 0 Å². The van der Waals surface area contributed by atoms with Crippen LogP contribution in [0.2, 0.25) is 0 Å². The van der Waals surface area contributed by atoms with E-state index in [-0.39, 0.29) is 29.8 Å². The quantitative estimate of drug-likeness (QED) is 0.471. The second kappa shape index (κ2) is 5.03. The Balaban J connectivity index is 1.81. The zero-order chi connectivity index (χ0) is 12.4. The van der Waals surface area contributed by atoms with E-state index in [2.05, 4.69) is 10.6 Å². The molecular weight excluding hydrogens is 244 g/mol. The summed E-state index contributed by atoms with van der Waals surface area (Å²) >= 11 is 0. The molecule has 96 valence electrons. The van der Waals surface area contributed by atoms with Crippen LogP contribution in [0, 0.1) is 0 Å². The summed E-state index contributed by atoms with van der Waals surface area (Å²) in [4.78, 5) is 21.5. The molecule has 1 unspecified atom stereocenters. The molecule has 2 rings (SSSR count). The van der Waals surface area contributed by atoms with E-state index in [1.807, 2.05) is 0 Å². The lowest BCUT2D eigenvalue weighted by atomic mass is 10.0. The van der Waals surface area contributed by atoms with E-state index >= 15 is 0 Å². The lowest BCUT2D eigenvalue weighted by Crippen LogP contribution is -2.38. The molecule has 0 aromatic rings. The molecule has 0 saturated carbocycles. The topological polar surface area (TPSA) is 95.5 Å². The predicted octanol–water partition coefficient (Wildman–Crippen LogP) is -0.188. The summed E-state index contributed by atoms with van der Waals surface area (Å²) < 4.78 is 11.8. The minimum absolute atomic E-state index is 0.0205. The largest absolute Gasteiger partial charge is 0.481 e. The Labute approximate surface area is 102 Å². The Morgan fingerprint density at radius 1 is 1.41 bits per heavy atom. The van der Waals surface area contributed by atoms with Crippen molar-refractivity contribution in [2.45, 2.75) is 43.0 Å². The number of urea groups is 1. The van der Waals surface area contributed by atoms with Gasteiger partial charge in [-0.3, -0.25) is 9.00 Å². The summed E-state index contributed by atoms with van der Waals surface area (Å²) in [5.74, 6) is -0.293. The standard InChI is InChI=1S/C10H16N2O4S/c13-8(14)4-2-1-3-7-9-6(5-17(7)16)11-10(15)12-9/h6-7,9H,1-5H2,(H,13,14)(H2,11,12,15)/t6-,7-,9+,17?/m0/s1. The molecule has 17 heavy (non-hydrogen) atoms. The second-order valence-electron chi connectivity index (χ2n) is 4.48. The third-order valence-electron chi connectivity index (χ3n) is 3.26. The van der Waals surface area contributed by atoms with E-state index in [9.17, 15) is 13.8 Å². The minimum Gasteiger partial charge on any atom is -0.481 e. The molecule has 2 amide bonds. The molecule has 0 aromatic heterocycles. The monoisotopic (exact) mass is 260 g/mol. The van der Waals surface area contributed by atoms with E-state index in [1.165, 1.54) is 0 Å². The Morgan fingerprint density at radius 3 is 2.88 bits per heavy atom. The highest BCUT2D eigenvalue weighted by atomic mass is 32.2. The molecule has 2 fully saturated rings. The number of carboxylic acid groups (broad SMARTS) is 1. The van der Waals surface area contributed by atoms with Gasteiger partial charge in [0.05, 0.1) is 17.3 Å². The highest BCUT2D eigenvalue weighted by Gasteiger charge is 2.46. The number of hydrogen-bond donors (Lipinski definition) is 3. The fourth-order valence-corrected chi connectivity index (χ4v) is 4.35. The first-order valence-corrected chi connectivity index (χ1v) is 7.12. The number of fused-ring (bicyclic) bond motifs is 1. The van der Waals surface area contributed by atoms with E-state index in [1.54, 1.807) is 0 Å². The highest BCUT2D eigenvalue weighted by Crippen LogP contribution is 2.25. The van der Waals surface area contributed by atoms with Crippen LogP contribution in [0.5, 0.6) is 0 Å². The van der Waals surface area contributed by atoms with Gasteiger partial charge in [0.25, 0.3) is 0 Å². The highest BCUT2D eigenvalue weighted by molar-refractivity contribution is 7.86. The van der Waals surface area contributed by atoms with E-state index < -0.39 is 16.8 Å². The molecule has 2 aliphatic heterocycles. The van der Waals surface area contributed by atoms with Crippen molar-refractivity contribution >= 4 is 22.8 Å². The van der Waals surface area contributed by atoms with Crippen molar-refractivity contribution in [2.75, 3.05) is 5.75 Å². The number of unbranched alkanes of at least 4 members (excludes halogenated alkanes) is 1. The van der Waals surface area contributed by atoms with Gasteiger partial charge in [0.1, 0.15) is 0 Å². The van der Waals surface area contributed by atoms with Crippen LogP contribution in [0.3, 0.4) is 0 Å². The normalized spacial score (nSPS) is 35.2. The summed E-state index contributed by atoms with van der Waals surface area (Å²) in [6.45, 7) is 0. The number of amides is 2. The number of carbonyl (C=O) groups excluding carboxylic acids is 1. The molecule has 0 bridgehead atoms. The first kappa shape index (κ1) is 12.3. The second-order valence-corrected chi connectivity index (χ2v) is 6.18. The van der Waals surface area contributed by atoms with Gasteiger partial charge in [0.2, 0.25) is 0 Å². The Hall–Kier alpha value is -1.11. The molecule has 2 heterocycles. The summed E-state index contributed by atoms with van der Waals surface area (Å²) in [7, 11) is -0.923. The lowest BCUT2D eigenvalue weighted by Gasteiger charge is -2.15. The number of hydrogen-bond acceptors (Lipinski definition) is 3. The zero-order valence-corrected chi connectivity index (χ0v) is 10.2. The number of carboxylic acids is 1. The van der Waals surface area contributed by atoms with Crippen LogP contribution in [0.25, 0.3) is 0 Å². The van der Waals surface area contributed by atoms with Crippen molar-refractivity contribution in [3.8, 4) is 0 Å². The number of rotatable bonds is 5. The zero-order valence-electron chi connectivity index (χ0n) is 9.35. The van der Waals surface area contributed by atoms with E-state index in [0.717, 1.165) is 6.42 Å². The molecule has 0 aromatic carbocycles.